The van der Waals surface area contributed by atoms with Gasteiger partial charge in [0.2, 0.25) is 5.95 Å². The van der Waals surface area contributed by atoms with E-state index in [2.05, 4.69) is 44.2 Å². The first kappa shape index (κ1) is 11.7. The van der Waals surface area contributed by atoms with Gasteiger partial charge in [-0.15, -0.1) is 0 Å². The lowest BCUT2D eigenvalue weighted by atomic mass is 10.1. The van der Waals surface area contributed by atoms with E-state index in [0.29, 0.717) is 22.8 Å². The Kier molecular flexibility index (Phi) is 2.32. The van der Waals surface area contributed by atoms with Gasteiger partial charge in [0.05, 0.1) is 0 Å². The second kappa shape index (κ2) is 4.17. The third-order valence-corrected chi connectivity index (χ3v) is 3.42. The van der Waals surface area contributed by atoms with Crippen molar-refractivity contribution in [3.05, 3.63) is 42.5 Å². The molecule has 2 aromatic carbocycles. The molecule has 0 atom stereocenters. The van der Waals surface area contributed by atoms with Crippen molar-refractivity contribution < 1.29 is 0 Å². The molecule has 4 rings (SSSR count). The zero-order valence-electron chi connectivity index (χ0n) is 11.0. The van der Waals surface area contributed by atoms with Crippen molar-refractivity contribution in [2.45, 2.75) is 0 Å². The number of hydrogen-bond acceptors (Lipinski definition) is 5. The summed E-state index contributed by atoms with van der Waals surface area (Å²) in [5.41, 5.74) is 13.5. The van der Waals surface area contributed by atoms with E-state index in [0.717, 1.165) is 10.9 Å². The Bertz CT molecular complexity index is 972. The van der Waals surface area contributed by atoms with Gasteiger partial charge in [-0.25, -0.2) is 4.98 Å². The fourth-order valence-corrected chi connectivity index (χ4v) is 2.41. The number of aromatic nitrogens is 4. The average molecular weight is 276 g/mol. The molecule has 4 aromatic rings. The summed E-state index contributed by atoms with van der Waals surface area (Å²) in [5, 5.41) is 2.33. The lowest BCUT2D eigenvalue weighted by Crippen LogP contribution is -1.99. The fraction of sp³-hybridized carbons (Fsp3) is 0. The van der Waals surface area contributed by atoms with E-state index in [9.17, 15) is 0 Å². The van der Waals surface area contributed by atoms with Gasteiger partial charge in [0.25, 0.3) is 0 Å². The van der Waals surface area contributed by atoms with Crippen LogP contribution < -0.4 is 11.5 Å². The Balaban J connectivity index is 1.93. The quantitative estimate of drug-likeness (QED) is 0.494. The van der Waals surface area contributed by atoms with Crippen molar-refractivity contribution in [3.63, 3.8) is 0 Å². The minimum atomic E-state index is 0.122. The number of nitrogens with two attached hydrogens (primary N) is 2. The molecule has 0 spiro atoms. The van der Waals surface area contributed by atoms with E-state index in [1.54, 1.807) is 0 Å². The summed E-state index contributed by atoms with van der Waals surface area (Å²) in [6, 6.07) is 14.3. The SMILES string of the molecule is Nc1nc(N)c2[nH]c(-c3ccc4ccccc4c3)nc2n1. The van der Waals surface area contributed by atoms with E-state index in [-0.39, 0.29) is 5.95 Å². The van der Waals surface area contributed by atoms with Crippen molar-refractivity contribution in [1.29, 1.82) is 0 Å². The van der Waals surface area contributed by atoms with Crippen LogP contribution in [0.3, 0.4) is 0 Å². The smallest absolute Gasteiger partial charge is 0.224 e. The molecule has 2 aromatic heterocycles. The Hall–Kier alpha value is -3.15. The number of aromatic amines is 1. The van der Waals surface area contributed by atoms with Crippen molar-refractivity contribution in [1.82, 2.24) is 19.9 Å². The molecule has 0 bridgehead atoms. The Morgan fingerprint density at radius 2 is 1.67 bits per heavy atom. The number of benzene rings is 2. The van der Waals surface area contributed by atoms with E-state index in [4.69, 9.17) is 11.5 Å². The van der Waals surface area contributed by atoms with Crippen molar-refractivity contribution >= 4 is 33.7 Å². The van der Waals surface area contributed by atoms with Gasteiger partial charge < -0.3 is 16.5 Å². The van der Waals surface area contributed by atoms with Crippen LogP contribution in [0, 0.1) is 0 Å². The highest BCUT2D eigenvalue weighted by Crippen LogP contribution is 2.25. The van der Waals surface area contributed by atoms with Crippen molar-refractivity contribution in [3.8, 4) is 11.4 Å². The molecule has 0 radical (unpaired) electrons. The maximum Gasteiger partial charge on any atom is 0.224 e. The van der Waals surface area contributed by atoms with Crippen LogP contribution in [-0.4, -0.2) is 19.9 Å². The fourth-order valence-electron chi connectivity index (χ4n) is 2.41. The molecule has 0 saturated heterocycles. The predicted molar refractivity (Wildman–Crippen MR) is 83.5 cm³/mol. The summed E-state index contributed by atoms with van der Waals surface area (Å²) >= 11 is 0. The molecule has 0 aliphatic rings. The number of rotatable bonds is 1. The number of nitrogens with zero attached hydrogens (tertiary/aromatic N) is 3. The number of anilines is 2. The zero-order chi connectivity index (χ0) is 14.4. The second-order valence-electron chi connectivity index (χ2n) is 4.81. The summed E-state index contributed by atoms with van der Waals surface area (Å²) < 4.78 is 0. The minimum Gasteiger partial charge on any atom is -0.382 e. The molecule has 102 valence electrons. The monoisotopic (exact) mass is 276 g/mol. The average Bonchev–Trinajstić information content (AvgIpc) is 2.91. The molecule has 6 nitrogen and oxygen atoms in total. The van der Waals surface area contributed by atoms with Crippen LogP contribution in [0.15, 0.2) is 42.5 Å². The van der Waals surface area contributed by atoms with Gasteiger partial charge in [-0.2, -0.15) is 9.97 Å². The highest BCUT2D eigenvalue weighted by Gasteiger charge is 2.11. The first-order chi connectivity index (χ1) is 10.2. The number of hydrogen-bond donors (Lipinski definition) is 3. The van der Waals surface area contributed by atoms with Gasteiger partial charge in [0, 0.05) is 5.56 Å². The first-order valence-electron chi connectivity index (χ1n) is 6.48. The van der Waals surface area contributed by atoms with Gasteiger partial charge in [-0.3, -0.25) is 0 Å². The minimum absolute atomic E-state index is 0.122. The number of nitrogens with one attached hydrogen (secondary N) is 1. The highest BCUT2D eigenvalue weighted by molar-refractivity contribution is 5.89. The third-order valence-electron chi connectivity index (χ3n) is 3.42. The zero-order valence-corrected chi connectivity index (χ0v) is 11.0. The number of H-pyrrole nitrogens is 1. The molecule has 0 aliphatic heterocycles. The lowest BCUT2D eigenvalue weighted by molar-refractivity contribution is 1.22. The van der Waals surface area contributed by atoms with Crippen LogP contribution in [0.25, 0.3) is 33.3 Å². The maximum atomic E-state index is 5.84. The van der Waals surface area contributed by atoms with Crippen LogP contribution in [0.4, 0.5) is 11.8 Å². The highest BCUT2D eigenvalue weighted by atomic mass is 15.1. The predicted octanol–water partition coefficient (Wildman–Crippen LogP) is 2.34. The standard InChI is InChI=1S/C15H12N6/c16-12-11-14(21-15(17)19-12)20-13(18-11)10-6-5-8-3-1-2-4-9(8)7-10/h1-7H,(H5,16,17,18,19,20,21). The molecule has 21 heavy (non-hydrogen) atoms. The van der Waals surface area contributed by atoms with Crippen molar-refractivity contribution in [2.24, 2.45) is 0 Å². The molecule has 0 fully saturated rings. The Morgan fingerprint density at radius 1 is 0.857 bits per heavy atom. The number of imidazole rings is 1. The molecular weight excluding hydrogens is 264 g/mol. The van der Waals surface area contributed by atoms with Crippen LogP contribution in [0.1, 0.15) is 0 Å². The van der Waals surface area contributed by atoms with Gasteiger partial charge in [-0.1, -0.05) is 36.4 Å². The summed E-state index contributed by atoms with van der Waals surface area (Å²) in [4.78, 5) is 15.6. The maximum absolute atomic E-state index is 5.84. The number of nitrogen functional groups attached to an aromatic ring is 2. The lowest BCUT2D eigenvalue weighted by Gasteiger charge is -2.00. The first-order valence-corrected chi connectivity index (χ1v) is 6.48. The summed E-state index contributed by atoms with van der Waals surface area (Å²) in [5.74, 6) is 1.12. The second-order valence-corrected chi connectivity index (χ2v) is 4.81. The van der Waals surface area contributed by atoms with Crippen LogP contribution >= 0.6 is 0 Å². The molecule has 0 amide bonds. The van der Waals surface area contributed by atoms with Gasteiger partial charge in [-0.05, 0) is 16.8 Å². The third kappa shape index (κ3) is 1.85. The molecule has 0 aliphatic carbocycles. The van der Waals surface area contributed by atoms with Crippen molar-refractivity contribution in [2.75, 3.05) is 11.5 Å². The Morgan fingerprint density at radius 3 is 2.52 bits per heavy atom. The topological polar surface area (TPSA) is 106 Å². The van der Waals surface area contributed by atoms with E-state index in [1.165, 1.54) is 5.39 Å². The van der Waals surface area contributed by atoms with E-state index in [1.807, 2.05) is 18.2 Å². The normalized spacial score (nSPS) is 11.2. The van der Waals surface area contributed by atoms with Crippen LogP contribution in [0.2, 0.25) is 0 Å². The molecule has 0 saturated carbocycles. The molecule has 2 heterocycles. The van der Waals surface area contributed by atoms with E-state index < -0.39 is 0 Å². The van der Waals surface area contributed by atoms with Gasteiger partial charge in [0.1, 0.15) is 11.3 Å². The van der Waals surface area contributed by atoms with Gasteiger partial charge >= 0.3 is 0 Å². The Labute approximate surface area is 119 Å². The van der Waals surface area contributed by atoms with Gasteiger partial charge in [0.15, 0.2) is 11.5 Å². The largest absolute Gasteiger partial charge is 0.382 e. The van der Waals surface area contributed by atoms with E-state index >= 15 is 0 Å². The molecule has 5 N–H and O–H groups in total. The summed E-state index contributed by atoms with van der Waals surface area (Å²) in [7, 11) is 0. The van der Waals surface area contributed by atoms with Crippen LogP contribution in [-0.2, 0) is 0 Å². The molecule has 0 unspecified atom stereocenters. The molecule has 6 heteroatoms. The summed E-state index contributed by atoms with van der Waals surface area (Å²) in [6.45, 7) is 0. The summed E-state index contributed by atoms with van der Waals surface area (Å²) in [6.07, 6.45) is 0. The van der Waals surface area contributed by atoms with Crippen LogP contribution in [0.5, 0.6) is 0 Å². The number of fused-ring (bicyclic) bond motifs is 2. The molecular formula is C15H12N6.